The third-order valence-electron chi connectivity index (χ3n) is 3.31. The fourth-order valence-electron chi connectivity index (χ4n) is 2.07. The molecular weight excluding hydrogens is 320 g/mol. The second-order valence-corrected chi connectivity index (χ2v) is 7.16. The van der Waals surface area contributed by atoms with Gasteiger partial charge in [-0.25, -0.2) is 4.98 Å². The molecular formula is C15H17BrN2S. The number of halogens is 1. The number of hydrogen-bond donors (Lipinski definition) is 1. The fraction of sp³-hybridized carbons (Fsp3) is 0.400. The number of aromatic nitrogens is 1. The summed E-state index contributed by atoms with van der Waals surface area (Å²) in [4.78, 5) is 6.08. The van der Waals surface area contributed by atoms with Gasteiger partial charge < -0.3 is 5.32 Å². The highest BCUT2D eigenvalue weighted by molar-refractivity contribution is 9.10. The van der Waals surface area contributed by atoms with Crippen molar-refractivity contribution in [2.45, 2.75) is 38.8 Å². The average molecular weight is 337 g/mol. The molecule has 2 aromatic rings. The first-order valence-corrected chi connectivity index (χ1v) is 8.24. The van der Waals surface area contributed by atoms with E-state index < -0.39 is 0 Å². The minimum atomic E-state index is 0.759. The molecule has 2 nitrogen and oxygen atoms in total. The van der Waals surface area contributed by atoms with Crippen molar-refractivity contribution in [1.82, 2.24) is 10.3 Å². The molecule has 0 spiro atoms. The summed E-state index contributed by atoms with van der Waals surface area (Å²) < 4.78 is 1.13. The maximum Gasteiger partial charge on any atom is 0.0975 e. The molecule has 1 N–H and O–H groups in total. The summed E-state index contributed by atoms with van der Waals surface area (Å²) in [6, 6.07) is 9.22. The number of nitrogens with zero attached hydrogens (tertiary/aromatic N) is 1. The number of aryl methyl sites for hydroxylation is 1. The van der Waals surface area contributed by atoms with Gasteiger partial charge in [-0.15, -0.1) is 11.3 Å². The zero-order valence-corrected chi connectivity index (χ0v) is 13.4. The van der Waals surface area contributed by atoms with Crippen LogP contribution in [0.4, 0.5) is 0 Å². The molecule has 1 fully saturated rings. The number of nitrogens with one attached hydrogen (secondary N) is 1. The van der Waals surface area contributed by atoms with Crippen LogP contribution >= 0.6 is 27.3 Å². The lowest BCUT2D eigenvalue weighted by Gasteiger charge is -1.99. The number of benzene rings is 1. The maximum atomic E-state index is 4.70. The predicted octanol–water partition coefficient (Wildman–Crippen LogP) is 4.06. The normalized spacial score (nSPS) is 14.8. The van der Waals surface area contributed by atoms with Crippen LogP contribution in [0.5, 0.6) is 0 Å². The van der Waals surface area contributed by atoms with Crippen LogP contribution in [0.3, 0.4) is 0 Å². The zero-order chi connectivity index (χ0) is 13.2. The van der Waals surface area contributed by atoms with E-state index in [-0.39, 0.29) is 0 Å². The molecule has 100 valence electrons. The Kier molecular flexibility index (Phi) is 4.01. The third-order valence-corrected chi connectivity index (χ3v) is 4.96. The fourth-order valence-corrected chi connectivity index (χ4v) is 3.58. The van der Waals surface area contributed by atoms with Crippen LogP contribution in [0.25, 0.3) is 0 Å². The Morgan fingerprint density at radius 3 is 3.00 bits per heavy atom. The van der Waals surface area contributed by atoms with E-state index in [0.717, 1.165) is 23.5 Å². The van der Waals surface area contributed by atoms with Crippen molar-refractivity contribution in [3.8, 4) is 0 Å². The van der Waals surface area contributed by atoms with E-state index >= 15 is 0 Å². The van der Waals surface area contributed by atoms with Crippen molar-refractivity contribution in [1.29, 1.82) is 0 Å². The van der Waals surface area contributed by atoms with Gasteiger partial charge in [0.05, 0.1) is 10.7 Å². The molecule has 0 atom stereocenters. The van der Waals surface area contributed by atoms with E-state index in [2.05, 4.69) is 52.4 Å². The van der Waals surface area contributed by atoms with E-state index in [1.807, 2.05) is 11.3 Å². The van der Waals surface area contributed by atoms with Crippen molar-refractivity contribution in [3.05, 3.63) is 49.9 Å². The molecule has 0 unspecified atom stereocenters. The lowest BCUT2D eigenvalue weighted by Crippen LogP contribution is -2.14. The first-order valence-electron chi connectivity index (χ1n) is 6.64. The first kappa shape index (κ1) is 13.3. The van der Waals surface area contributed by atoms with Crippen LogP contribution in [0.1, 0.15) is 34.0 Å². The van der Waals surface area contributed by atoms with Gasteiger partial charge in [-0.05, 0) is 37.5 Å². The van der Waals surface area contributed by atoms with Crippen LogP contribution in [0, 0.1) is 6.92 Å². The maximum absolute atomic E-state index is 4.70. The van der Waals surface area contributed by atoms with Gasteiger partial charge >= 0.3 is 0 Å². The summed E-state index contributed by atoms with van der Waals surface area (Å²) in [6.45, 7) is 3.09. The molecule has 0 amide bonds. The minimum absolute atomic E-state index is 0.759. The molecule has 1 heterocycles. The Balaban J connectivity index is 1.68. The second-order valence-electron chi connectivity index (χ2n) is 5.08. The Morgan fingerprint density at radius 2 is 2.26 bits per heavy atom. The van der Waals surface area contributed by atoms with Gasteiger partial charge in [0.25, 0.3) is 0 Å². The van der Waals surface area contributed by atoms with Gasteiger partial charge in [-0.3, -0.25) is 0 Å². The highest BCUT2D eigenvalue weighted by Crippen LogP contribution is 2.24. The Morgan fingerprint density at radius 1 is 1.42 bits per heavy atom. The van der Waals surface area contributed by atoms with Gasteiger partial charge in [0.1, 0.15) is 0 Å². The standard InChI is InChI=1S/C15H17BrN2S/c1-10-14(9-17-13-5-6-13)19-15(18-10)8-11-3-2-4-12(16)7-11/h2-4,7,13,17H,5-6,8-9H2,1H3. The summed E-state index contributed by atoms with van der Waals surface area (Å²) in [7, 11) is 0. The smallest absolute Gasteiger partial charge is 0.0975 e. The van der Waals surface area contributed by atoms with Gasteiger partial charge in [0, 0.05) is 28.4 Å². The molecule has 1 aromatic carbocycles. The van der Waals surface area contributed by atoms with Crippen molar-refractivity contribution in [2.24, 2.45) is 0 Å². The van der Waals surface area contributed by atoms with Crippen molar-refractivity contribution in [2.75, 3.05) is 0 Å². The Labute approximate surface area is 126 Å². The van der Waals surface area contributed by atoms with Gasteiger partial charge in [-0.1, -0.05) is 28.1 Å². The Bertz CT molecular complexity index is 575. The molecule has 3 rings (SSSR count). The summed E-state index contributed by atoms with van der Waals surface area (Å²) in [5.74, 6) is 0. The largest absolute Gasteiger partial charge is 0.309 e. The SMILES string of the molecule is Cc1nc(Cc2cccc(Br)c2)sc1CNC1CC1. The van der Waals surface area contributed by atoms with Gasteiger partial charge in [0.2, 0.25) is 0 Å². The molecule has 0 radical (unpaired) electrons. The molecule has 0 saturated heterocycles. The lowest BCUT2D eigenvalue weighted by molar-refractivity contribution is 0.691. The number of rotatable bonds is 5. The summed E-state index contributed by atoms with van der Waals surface area (Å²) in [5.41, 5.74) is 2.49. The number of hydrogen-bond acceptors (Lipinski definition) is 3. The summed E-state index contributed by atoms with van der Waals surface area (Å²) in [6.07, 6.45) is 3.60. The molecule has 1 aliphatic rings. The lowest BCUT2D eigenvalue weighted by atomic mass is 10.2. The van der Waals surface area contributed by atoms with Crippen LogP contribution in [0.15, 0.2) is 28.7 Å². The van der Waals surface area contributed by atoms with Crippen molar-refractivity contribution in [3.63, 3.8) is 0 Å². The second kappa shape index (κ2) is 5.73. The molecule has 0 aliphatic heterocycles. The molecule has 0 bridgehead atoms. The molecule has 4 heteroatoms. The van der Waals surface area contributed by atoms with E-state index in [1.165, 1.54) is 34.0 Å². The average Bonchev–Trinajstić information content (AvgIpc) is 3.12. The quantitative estimate of drug-likeness (QED) is 0.890. The molecule has 1 aliphatic carbocycles. The first-order chi connectivity index (χ1) is 9.20. The van der Waals surface area contributed by atoms with E-state index in [9.17, 15) is 0 Å². The van der Waals surface area contributed by atoms with E-state index in [4.69, 9.17) is 4.98 Å². The monoisotopic (exact) mass is 336 g/mol. The van der Waals surface area contributed by atoms with E-state index in [1.54, 1.807) is 0 Å². The molecule has 19 heavy (non-hydrogen) atoms. The van der Waals surface area contributed by atoms with Gasteiger partial charge in [-0.2, -0.15) is 0 Å². The van der Waals surface area contributed by atoms with Crippen LogP contribution < -0.4 is 5.32 Å². The van der Waals surface area contributed by atoms with Crippen molar-refractivity contribution < 1.29 is 0 Å². The number of thiazole rings is 1. The topological polar surface area (TPSA) is 24.9 Å². The third kappa shape index (κ3) is 3.65. The van der Waals surface area contributed by atoms with Crippen LogP contribution in [0.2, 0.25) is 0 Å². The zero-order valence-electron chi connectivity index (χ0n) is 10.9. The minimum Gasteiger partial charge on any atom is -0.309 e. The van der Waals surface area contributed by atoms with Crippen molar-refractivity contribution >= 4 is 27.3 Å². The highest BCUT2D eigenvalue weighted by Gasteiger charge is 2.21. The summed E-state index contributed by atoms with van der Waals surface area (Å²) in [5, 5.41) is 4.77. The van der Waals surface area contributed by atoms with Gasteiger partial charge in [0.15, 0.2) is 0 Å². The van der Waals surface area contributed by atoms with E-state index in [0.29, 0.717) is 0 Å². The van der Waals surface area contributed by atoms with Crippen LogP contribution in [-0.4, -0.2) is 11.0 Å². The summed E-state index contributed by atoms with van der Waals surface area (Å²) >= 11 is 5.36. The highest BCUT2D eigenvalue weighted by atomic mass is 79.9. The van der Waals surface area contributed by atoms with Crippen LogP contribution in [-0.2, 0) is 13.0 Å². The Hall–Kier alpha value is -0.710. The predicted molar refractivity (Wildman–Crippen MR) is 83.7 cm³/mol. The molecule has 1 aromatic heterocycles. The molecule has 1 saturated carbocycles.